The van der Waals surface area contributed by atoms with Gasteiger partial charge in [-0.25, -0.2) is 8.42 Å². The number of benzene rings is 1. The van der Waals surface area contributed by atoms with Crippen LogP contribution in [0.3, 0.4) is 0 Å². The average Bonchev–Trinajstić information content (AvgIpc) is 3.14. The van der Waals surface area contributed by atoms with Gasteiger partial charge in [-0.15, -0.1) is 0 Å². The number of amides is 1. The molecule has 0 spiro atoms. The lowest BCUT2D eigenvalue weighted by atomic mass is 10.1. The second-order valence-electron chi connectivity index (χ2n) is 6.34. The zero-order valence-corrected chi connectivity index (χ0v) is 16.5. The smallest absolute Gasteiger partial charge is 0.324 e. The van der Waals surface area contributed by atoms with Gasteiger partial charge in [-0.1, -0.05) is 17.4 Å². The molecule has 1 aromatic carbocycles. The molecule has 27 heavy (non-hydrogen) atoms. The molecule has 1 fully saturated rings. The fraction of sp³-hybridized carbons (Fsp3) is 0.353. The van der Waals surface area contributed by atoms with E-state index in [9.17, 15) is 23.3 Å². The first-order valence-electron chi connectivity index (χ1n) is 8.31. The monoisotopic (exact) mass is 409 g/mol. The summed E-state index contributed by atoms with van der Waals surface area (Å²) < 4.78 is 27.0. The van der Waals surface area contributed by atoms with Crippen LogP contribution < -0.4 is 0 Å². The molecule has 0 atom stereocenters. The van der Waals surface area contributed by atoms with Crippen molar-refractivity contribution in [1.82, 2.24) is 9.21 Å². The van der Waals surface area contributed by atoms with Gasteiger partial charge in [0.1, 0.15) is 0 Å². The highest BCUT2D eigenvalue weighted by atomic mass is 32.2. The summed E-state index contributed by atoms with van der Waals surface area (Å²) in [7, 11) is -3.61. The molecule has 0 aliphatic carbocycles. The second kappa shape index (κ2) is 7.37. The Balaban J connectivity index is 1.69. The topological polar surface area (TPSA) is 101 Å². The average molecular weight is 409 g/mol. The molecule has 10 heteroatoms. The maximum atomic E-state index is 12.8. The SMILES string of the molecule is Cc1ccc(S(=O)(=O)N2CCN(C(=O)c3ccc([N+](=O)[O-])s3)CC2)cc1C. The summed E-state index contributed by atoms with van der Waals surface area (Å²) in [5.74, 6) is -0.309. The van der Waals surface area contributed by atoms with Gasteiger partial charge in [0.2, 0.25) is 10.0 Å². The Morgan fingerprint density at radius 2 is 1.74 bits per heavy atom. The van der Waals surface area contributed by atoms with Crippen LogP contribution in [0, 0.1) is 24.0 Å². The fourth-order valence-electron chi connectivity index (χ4n) is 2.85. The number of piperazine rings is 1. The molecular weight excluding hydrogens is 390 g/mol. The van der Waals surface area contributed by atoms with E-state index in [4.69, 9.17) is 0 Å². The molecule has 1 saturated heterocycles. The summed E-state index contributed by atoms with van der Waals surface area (Å²) in [6.45, 7) is 4.66. The maximum absolute atomic E-state index is 12.8. The molecule has 0 radical (unpaired) electrons. The number of nitro groups is 1. The van der Waals surface area contributed by atoms with Crippen molar-refractivity contribution in [3.05, 3.63) is 56.5 Å². The van der Waals surface area contributed by atoms with Gasteiger partial charge in [0.15, 0.2) is 0 Å². The van der Waals surface area contributed by atoms with Crippen molar-refractivity contribution in [2.24, 2.45) is 0 Å². The Morgan fingerprint density at radius 1 is 1.07 bits per heavy atom. The van der Waals surface area contributed by atoms with Crippen LogP contribution in [0.2, 0.25) is 0 Å². The molecule has 0 N–H and O–H groups in total. The molecule has 1 aliphatic heterocycles. The summed E-state index contributed by atoms with van der Waals surface area (Å²) in [6.07, 6.45) is 0. The minimum Gasteiger partial charge on any atom is -0.335 e. The zero-order valence-electron chi connectivity index (χ0n) is 14.9. The number of thiophene rings is 1. The molecule has 1 aromatic heterocycles. The van der Waals surface area contributed by atoms with Gasteiger partial charge in [-0.2, -0.15) is 4.31 Å². The third-order valence-corrected chi connectivity index (χ3v) is 7.54. The molecule has 0 saturated carbocycles. The summed E-state index contributed by atoms with van der Waals surface area (Å²) in [5, 5.41) is 10.7. The van der Waals surface area contributed by atoms with E-state index in [-0.39, 0.29) is 46.9 Å². The van der Waals surface area contributed by atoms with Crippen molar-refractivity contribution in [3.8, 4) is 0 Å². The fourth-order valence-corrected chi connectivity index (χ4v) is 5.15. The third kappa shape index (κ3) is 3.87. The van der Waals surface area contributed by atoms with Crippen molar-refractivity contribution in [3.63, 3.8) is 0 Å². The van der Waals surface area contributed by atoms with Crippen LogP contribution in [-0.4, -0.2) is 54.6 Å². The van der Waals surface area contributed by atoms with Gasteiger partial charge in [0, 0.05) is 32.2 Å². The predicted molar refractivity (Wildman–Crippen MR) is 102 cm³/mol. The Bertz CT molecular complexity index is 992. The van der Waals surface area contributed by atoms with Crippen LogP contribution >= 0.6 is 11.3 Å². The summed E-state index contributed by atoms with van der Waals surface area (Å²) in [6, 6.07) is 7.78. The lowest BCUT2D eigenvalue weighted by molar-refractivity contribution is -0.380. The number of hydrogen-bond donors (Lipinski definition) is 0. The number of carbonyl (C=O) groups is 1. The lowest BCUT2D eigenvalue weighted by Gasteiger charge is -2.33. The van der Waals surface area contributed by atoms with Crippen molar-refractivity contribution in [2.45, 2.75) is 18.7 Å². The minimum absolute atomic E-state index is 0.0886. The third-order valence-electron chi connectivity index (χ3n) is 4.62. The molecule has 3 rings (SSSR count). The normalized spacial score (nSPS) is 15.7. The van der Waals surface area contributed by atoms with Crippen molar-refractivity contribution in [1.29, 1.82) is 0 Å². The zero-order chi connectivity index (χ0) is 19.8. The van der Waals surface area contributed by atoms with Crippen molar-refractivity contribution >= 4 is 32.3 Å². The molecule has 2 aromatic rings. The van der Waals surface area contributed by atoms with Crippen LogP contribution in [0.25, 0.3) is 0 Å². The molecular formula is C17H19N3O5S2. The van der Waals surface area contributed by atoms with Gasteiger partial charge >= 0.3 is 5.00 Å². The highest BCUT2D eigenvalue weighted by Gasteiger charge is 2.31. The number of aryl methyl sites for hydroxylation is 2. The Labute approximate surface area is 161 Å². The highest BCUT2D eigenvalue weighted by molar-refractivity contribution is 7.89. The Morgan fingerprint density at radius 3 is 2.30 bits per heavy atom. The second-order valence-corrected chi connectivity index (χ2v) is 9.34. The van der Waals surface area contributed by atoms with Crippen LogP contribution in [0.4, 0.5) is 5.00 Å². The first kappa shape index (κ1) is 19.5. The van der Waals surface area contributed by atoms with E-state index in [2.05, 4.69) is 0 Å². The molecule has 2 heterocycles. The minimum atomic E-state index is -3.61. The molecule has 8 nitrogen and oxygen atoms in total. The standard InChI is InChI=1S/C17H19N3O5S2/c1-12-3-4-14(11-13(12)2)27(24,25)19-9-7-18(8-10-19)17(21)15-5-6-16(26-15)20(22)23/h3-6,11H,7-10H2,1-2H3. The maximum Gasteiger partial charge on any atom is 0.324 e. The van der Waals surface area contributed by atoms with Crippen LogP contribution in [-0.2, 0) is 10.0 Å². The summed E-state index contributed by atoms with van der Waals surface area (Å²) in [5.41, 5.74) is 1.93. The van der Waals surface area contributed by atoms with Crippen LogP contribution in [0.1, 0.15) is 20.8 Å². The molecule has 1 aliphatic rings. The highest BCUT2D eigenvalue weighted by Crippen LogP contribution is 2.26. The first-order valence-corrected chi connectivity index (χ1v) is 10.6. The Kier molecular flexibility index (Phi) is 5.31. The molecule has 0 unspecified atom stereocenters. The largest absolute Gasteiger partial charge is 0.335 e. The van der Waals surface area contributed by atoms with E-state index in [0.29, 0.717) is 0 Å². The van der Waals surface area contributed by atoms with E-state index in [0.717, 1.165) is 22.5 Å². The molecule has 0 bridgehead atoms. The molecule has 144 valence electrons. The number of rotatable bonds is 4. The van der Waals surface area contributed by atoms with E-state index in [1.807, 2.05) is 13.8 Å². The Hall–Kier alpha value is -2.30. The van der Waals surface area contributed by atoms with Gasteiger partial charge in [-0.05, 0) is 43.2 Å². The van der Waals surface area contributed by atoms with Crippen LogP contribution in [0.5, 0.6) is 0 Å². The number of sulfonamides is 1. The quantitative estimate of drug-likeness (QED) is 0.570. The van der Waals surface area contributed by atoms with Gasteiger partial charge < -0.3 is 4.90 Å². The van der Waals surface area contributed by atoms with E-state index >= 15 is 0 Å². The van der Waals surface area contributed by atoms with Gasteiger partial charge in [0.05, 0.1) is 14.7 Å². The van der Waals surface area contributed by atoms with E-state index in [1.54, 1.807) is 18.2 Å². The number of hydrogen-bond acceptors (Lipinski definition) is 6. The van der Waals surface area contributed by atoms with Crippen molar-refractivity contribution < 1.29 is 18.1 Å². The van der Waals surface area contributed by atoms with Crippen LogP contribution in [0.15, 0.2) is 35.2 Å². The number of nitrogens with zero attached hydrogens (tertiary/aromatic N) is 3. The van der Waals surface area contributed by atoms with E-state index < -0.39 is 14.9 Å². The number of carbonyl (C=O) groups excluding carboxylic acids is 1. The summed E-state index contributed by atoms with van der Waals surface area (Å²) >= 11 is 0.827. The summed E-state index contributed by atoms with van der Waals surface area (Å²) in [4.78, 5) is 24.8. The molecule has 1 amide bonds. The van der Waals surface area contributed by atoms with Gasteiger partial charge in [0.25, 0.3) is 5.91 Å². The van der Waals surface area contributed by atoms with E-state index in [1.165, 1.54) is 21.3 Å². The van der Waals surface area contributed by atoms with Gasteiger partial charge in [-0.3, -0.25) is 14.9 Å². The lowest BCUT2D eigenvalue weighted by Crippen LogP contribution is -2.50. The first-order chi connectivity index (χ1) is 12.7. The predicted octanol–water partition coefficient (Wildman–Crippen LogP) is 2.42. The van der Waals surface area contributed by atoms with Crippen molar-refractivity contribution in [2.75, 3.05) is 26.2 Å².